The van der Waals surface area contributed by atoms with Crippen LogP contribution in [0.15, 0.2) is 54.6 Å². The molecule has 0 aromatic heterocycles. The van der Waals surface area contributed by atoms with Gasteiger partial charge in [0.1, 0.15) is 12.4 Å². The molecule has 0 spiro atoms. The quantitative estimate of drug-likeness (QED) is 0.696. The van der Waals surface area contributed by atoms with Gasteiger partial charge in [0.2, 0.25) is 0 Å². The van der Waals surface area contributed by atoms with Crippen LogP contribution in [-0.4, -0.2) is 24.8 Å². The van der Waals surface area contributed by atoms with Crippen LogP contribution in [0, 0.1) is 0 Å². The van der Waals surface area contributed by atoms with Crippen LogP contribution in [-0.2, 0) is 13.0 Å². The van der Waals surface area contributed by atoms with Crippen LogP contribution in [0.5, 0.6) is 5.75 Å². The van der Waals surface area contributed by atoms with Crippen molar-refractivity contribution in [3.8, 4) is 5.75 Å². The number of aliphatic hydroxyl groups is 1. The smallest absolute Gasteiger partial charge is 0.119 e. The van der Waals surface area contributed by atoms with E-state index in [1.54, 1.807) is 0 Å². The summed E-state index contributed by atoms with van der Waals surface area (Å²) >= 11 is 0. The molecule has 0 radical (unpaired) electrons. The maximum Gasteiger partial charge on any atom is 0.119 e. The van der Waals surface area contributed by atoms with E-state index in [4.69, 9.17) is 9.84 Å². The van der Waals surface area contributed by atoms with E-state index < -0.39 is 0 Å². The number of nitrogens with one attached hydrogen (secondary N) is 1. The first kappa shape index (κ1) is 15.5. The van der Waals surface area contributed by atoms with Crippen molar-refractivity contribution in [1.29, 1.82) is 0 Å². The van der Waals surface area contributed by atoms with E-state index in [-0.39, 0.29) is 6.61 Å². The SMILES string of the molecule is OCCNCCCc1ccc(COc2ccccc2)cc1. The molecule has 0 fully saturated rings. The van der Waals surface area contributed by atoms with E-state index in [1.807, 2.05) is 30.3 Å². The van der Waals surface area contributed by atoms with Gasteiger partial charge >= 0.3 is 0 Å². The molecule has 0 aliphatic carbocycles. The summed E-state index contributed by atoms with van der Waals surface area (Å²) in [6.45, 7) is 2.42. The van der Waals surface area contributed by atoms with Crippen LogP contribution in [0.1, 0.15) is 17.5 Å². The number of aliphatic hydroxyl groups excluding tert-OH is 1. The van der Waals surface area contributed by atoms with E-state index in [0.29, 0.717) is 13.2 Å². The molecule has 2 rings (SSSR count). The maximum absolute atomic E-state index is 8.67. The van der Waals surface area contributed by atoms with Crippen molar-refractivity contribution in [2.24, 2.45) is 0 Å². The van der Waals surface area contributed by atoms with Gasteiger partial charge in [-0.25, -0.2) is 0 Å². The highest BCUT2D eigenvalue weighted by molar-refractivity contribution is 5.24. The molecular formula is C18H23NO2. The van der Waals surface area contributed by atoms with Crippen molar-refractivity contribution in [2.45, 2.75) is 19.4 Å². The molecule has 112 valence electrons. The molecule has 0 amide bonds. The van der Waals surface area contributed by atoms with Crippen molar-refractivity contribution in [3.05, 3.63) is 65.7 Å². The normalized spacial score (nSPS) is 10.5. The molecule has 0 atom stereocenters. The van der Waals surface area contributed by atoms with Gasteiger partial charge in [-0.05, 0) is 42.6 Å². The van der Waals surface area contributed by atoms with Crippen LogP contribution in [0.2, 0.25) is 0 Å². The molecule has 0 aliphatic heterocycles. The van der Waals surface area contributed by atoms with Crippen LogP contribution < -0.4 is 10.1 Å². The van der Waals surface area contributed by atoms with Crippen molar-refractivity contribution >= 4 is 0 Å². The Morgan fingerprint density at radius 3 is 2.29 bits per heavy atom. The fourth-order valence-electron chi connectivity index (χ4n) is 2.11. The molecule has 21 heavy (non-hydrogen) atoms. The lowest BCUT2D eigenvalue weighted by atomic mass is 10.1. The van der Waals surface area contributed by atoms with Gasteiger partial charge in [0.15, 0.2) is 0 Å². The first-order chi connectivity index (χ1) is 10.4. The summed E-state index contributed by atoms with van der Waals surface area (Å²) in [6, 6.07) is 18.4. The summed E-state index contributed by atoms with van der Waals surface area (Å²) < 4.78 is 5.72. The summed E-state index contributed by atoms with van der Waals surface area (Å²) in [5.41, 5.74) is 2.52. The predicted molar refractivity (Wildman–Crippen MR) is 85.5 cm³/mol. The van der Waals surface area contributed by atoms with Crippen LogP contribution >= 0.6 is 0 Å². The molecule has 3 heteroatoms. The average molecular weight is 285 g/mol. The minimum atomic E-state index is 0.204. The van der Waals surface area contributed by atoms with E-state index in [1.165, 1.54) is 11.1 Å². The first-order valence-corrected chi connectivity index (χ1v) is 7.46. The Morgan fingerprint density at radius 2 is 1.57 bits per heavy atom. The molecule has 2 N–H and O–H groups in total. The number of hydrogen-bond donors (Lipinski definition) is 2. The van der Waals surface area contributed by atoms with E-state index >= 15 is 0 Å². The lowest BCUT2D eigenvalue weighted by Crippen LogP contribution is -2.19. The molecule has 3 nitrogen and oxygen atoms in total. The van der Waals surface area contributed by atoms with Crippen molar-refractivity contribution in [3.63, 3.8) is 0 Å². The summed E-state index contributed by atoms with van der Waals surface area (Å²) in [5, 5.41) is 11.9. The molecule has 2 aromatic rings. The zero-order valence-corrected chi connectivity index (χ0v) is 12.3. The van der Waals surface area contributed by atoms with Gasteiger partial charge in [-0.2, -0.15) is 0 Å². The fourth-order valence-corrected chi connectivity index (χ4v) is 2.11. The Balaban J connectivity index is 1.71. The zero-order chi connectivity index (χ0) is 14.8. The zero-order valence-electron chi connectivity index (χ0n) is 12.3. The summed E-state index contributed by atoms with van der Waals surface area (Å²) in [7, 11) is 0. The summed E-state index contributed by atoms with van der Waals surface area (Å²) in [5.74, 6) is 0.900. The molecule has 0 saturated heterocycles. The lowest BCUT2D eigenvalue weighted by molar-refractivity contribution is 0.292. The van der Waals surface area contributed by atoms with Gasteiger partial charge in [-0.3, -0.25) is 0 Å². The van der Waals surface area contributed by atoms with E-state index in [2.05, 4.69) is 29.6 Å². The minimum absolute atomic E-state index is 0.204. The number of hydrogen-bond acceptors (Lipinski definition) is 3. The highest BCUT2D eigenvalue weighted by atomic mass is 16.5. The van der Waals surface area contributed by atoms with Gasteiger partial charge in [-0.15, -0.1) is 0 Å². The molecule has 2 aromatic carbocycles. The Morgan fingerprint density at radius 1 is 0.857 bits per heavy atom. The van der Waals surface area contributed by atoms with Crippen molar-refractivity contribution in [1.82, 2.24) is 5.32 Å². The topological polar surface area (TPSA) is 41.5 Å². The Hall–Kier alpha value is -1.84. The highest BCUT2D eigenvalue weighted by Crippen LogP contribution is 2.12. The van der Waals surface area contributed by atoms with Crippen LogP contribution in [0.3, 0.4) is 0 Å². The number of aryl methyl sites for hydroxylation is 1. The van der Waals surface area contributed by atoms with Gasteiger partial charge in [0.25, 0.3) is 0 Å². The molecular weight excluding hydrogens is 262 g/mol. The van der Waals surface area contributed by atoms with Gasteiger partial charge in [0.05, 0.1) is 6.61 Å². The minimum Gasteiger partial charge on any atom is -0.489 e. The molecule has 0 aliphatic rings. The van der Waals surface area contributed by atoms with Gasteiger partial charge in [0, 0.05) is 6.54 Å². The second-order valence-corrected chi connectivity index (χ2v) is 5.00. The third-order valence-electron chi connectivity index (χ3n) is 3.28. The largest absolute Gasteiger partial charge is 0.489 e. The standard InChI is InChI=1S/C18H23NO2/c20-14-13-19-12-4-5-16-8-10-17(11-9-16)15-21-18-6-2-1-3-7-18/h1-3,6-11,19-20H,4-5,12-15H2. The number of para-hydroxylation sites is 1. The summed E-state index contributed by atoms with van der Waals surface area (Å²) in [6.07, 6.45) is 2.14. The predicted octanol–water partition coefficient (Wildman–Crippen LogP) is 2.78. The second kappa shape index (κ2) is 9.16. The second-order valence-electron chi connectivity index (χ2n) is 5.00. The Kier molecular flexibility index (Phi) is 6.78. The third-order valence-corrected chi connectivity index (χ3v) is 3.28. The fraction of sp³-hybridized carbons (Fsp3) is 0.333. The monoisotopic (exact) mass is 285 g/mol. The first-order valence-electron chi connectivity index (χ1n) is 7.46. The third kappa shape index (κ3) is 5.98. The average Bonchev–Trinajstić information content (AvgIpc) is 2.55. The van der Waals surface area contributed by atoms with E-state index in [0.717, 1.165) is 25.1 Å². The van der Waals surface area contributed by atoms with E-state index in [9.17, 15) is 0 Å². The van der Waals surface area contributed by atoms with Crippen molar-refractivity contribution < 1.29 is 9.84 Å². The lowest BCUT2D eigenvalue weighted by Gasteiger charge is -2.07. The number of rotatable bonds is 9. The number of ether oxygens (including phenoxy) is 1. The molecule has 0 unspecified atom stereocenters. The molecule has 0 heterocycles. The molecule has 0 saturated carbocycles. The Bertz CT molecular complexity index is 496. The highest BCUT2D eigenvalue weighted by Gasteiger charge is 1.97. The number of benzene rings is 2. The van der Waals surface area contributed by atoms with Gasteiger partial charge in [-0.1, -0.05) is 42.5 Å². The maximum atomic E-state index is 8.67. The molecule has 0 bridgehead atoms. The Labute approximate surface area is 126 Å². The summed E-state index contributed by atoms with van der Waals surface area (Å²) in [4.78, 5) is 0. The van der Waals surface area contributed by atoms with Crippen LogP contribution in [0.25, 0.3) is 0 Å². The van der Waals surface area contributed by atoms with Crippen LogP contribution in [0.4, 0.5) is 0 Å². The van der Waals surface area contributed by atoms with Crippen molar-refractivity contribution in [2.75, 3.05) is 19.7 Å². The van der Waals surface area contributed by atoms with Gasteiger partial charge < -0.3 is 15.2 Å².